The van der Waals surface area contributed by atoms with Crippen molar-refractivity contribution in [3.63, 3.8) is 0 Å². The van der Waals surface area contributed by atoms with Crippen molar-refractivity contribution >= 4 is 30.5 Å². The Balaban J connectivity index is 1.50. The molecule has 2 aliphatic heterocycles. The van der Waals surface area contributed by atoms with E-state index in [1.165, 1.54) is 0 Å². The molecule has 0 radical (unpaired) electrons. The molecule has 11 heteroatoms. The Morgan fingerprint density at radius 2 is 1.75 bits per heavy atom. The summed E-state index contributed by atoms with van der Waals surface area (Å²) in [6, 6.07) is -0.664. The average Bonchev–Trinajstić information content (AvgIpc) is 3.30. The number of nitrogens with one attached hydrogen (secondary N) is 2. The average molecular weight is 503 g/mol. The first-order chi connectivity index (χ1) is 16.6. The Hall–Kier alpha value is -2.40. The molecule has 2 fully saturated rings. The van der Waals surface area contributed by atoms with E-state index in [1.54, 1.807) is 33.2 Å². The second kappa shape index (κ2) is 10.5. The van der Waals surface area contributed by atoms with E-state index >= 15 is 0 Å². The summed E-state index contributed by atoms with van der Waals surface area (Å²) in [5.41, 5.74) is -0.669. The molecule has 0 saturated carbocycles. The van der Waals surface area contributed by atoms with Crippen molar-refractivity contribution in [1.29, 1.82) is 0 Å². The van der Waals surface area contributed by atoms with Crippen LogP contribution in [0.15, 0.2) is 12.4 Å². The highest BCUT2D eigenvalue weighted by Crippen LogP contribution is 2.36. The van der Waals surface area contributed by atoms with Crippen molar-refractivity contribution in [2.75, 3.05) is 24.5 Å². The predicted octanol–water partition coefficient (Wildman–Crippen LogP) is 2.27. The summed E-state index contributed by atoms with van der Waals surface area (Å²) in [5.74, 6) is 0.621. The summed E-state index contributed by atoms with van der Waals surface area (Å²) in [4.78, 5) is 36.2. The number of hydrogen-bond acceptors (Lipinski definition) is 8. The van der Waals surface area contributed by atoms with Crippen LogP contribution in [0.4, 0.5) is 10.7 Å². The van der Waals surface area contributed by atoms with Crippen LogP contribution in [0.1, 0.15) is 68.7 Å². The Morgan fingerprint density at radius 3 is 2.28 bits per heavy atom. The standard InChI is InChI=1S/C25H42BN5O5/c1-16(2)19(30-22(33)34-23(3,4)5)20(32)27-12-17-10-11-31(15-17)21-28-13-18(14-29-21)26-35-24(6,7)25(8,9)36-26/h13-14,16-17,19H,10-12,15H2,1-9H3,(H,27,32)(H,30,33)/t17-,19-/m1/s1. The van der Waals surface area contributed by atoms with Crippen molar-refractivity contribution in [3.05, 3.63) is 12.4 Å². The van der Waals surface area contributed by atoms with Crippen molar-refractivity contribution in [2.45, 2.75) is 91.6 Å². The second-order valence-corrected chi connectivity index (χ2v) is 12.1. The lowest BCUT2D eigenvalue weighted by Gasteiger charge is -2.32. The molecule has 2 amide bonds. The van der Waals surface area contributed by atoms with Crippen LogP contribution in [0.25, 0.3) is 0 Å². The first-order valence-electron chi connectivity index (χ1n) is 12.8. The number of carbonyl (C=O) groups excluding carboxylic acids is 2. The molecule has 3 heterocycles. The fourth-order valence-electron chi connectivity index (χ4n) is 4.10. The van der Waals surface area contributed by atoms with Crippen LogP contribution in [-0.2, 0) is 18.8 Å². The molecule has 3 rings (SSSR count). The Morgan fingerprint density at radius 1 is 1.17 bits per heavy atom. The van der Waals surface area contributed by atoms with Crippen molar-refractivity contribution in [2.24, 2.45) is 11.8 Å². The molecular weight excluding hydrogens is 461 g/mol. The second-order valence-electron chi connectivity index (χ2n) is 12.1. The number of aromatic nitrogens is 2. The maximum absolute atomic E-state index is 12.8. The van der Waals surface area contributed by atoms with E-state index in [0.29, 0.717) is 12.5 Å². The van der Waals surface area contributed by atoms with Crippen LogP contribution >= 0.6 is 0 Å². The van der Waals surface area contributed by atoms with Crippen LogP contribution in [0.5, 0.6) is 0 Å². The molecule has 1 aromatic rings. The lowest BCUT2D eigenvalue weighted by molar-refractivity contribution is -0.124. The van der Waals surface area contributed by atoms with E-state index in [1.807, 2.05) is 41.5 Å². The molecule has 0 aromatic carbocycles. The molecule has 0 bridgehead atoms. The zero-order valence-electron chi connectivity index (χ0n) is 23.2. The predicted molar refractivity (Wildman–Crippen MR) is 139 cm³/mol. The lowest BCUT2D eigenvalue weighted by Crippen LogP contribution is -2.51. The molecule has 2 N–H and O–H groups in total. The zero-order chi connectivity index (χ0) is 26.9. The van der Waals surface area contributed by atoms with Crippen LogP contribution in [0, 0.1) is 11.8 Å². The number of rotatable bonds is 7. The van der Waals surface area contributed by atoms with Gasteiger partial charge in [-0.05, 0) is 66.7 Å². The van der Waals surface area contributed by atoms with E-state index in [0.717, 1.165) is 25.0 Å². The summed E-state index contributed by atoms with van der Waals surface area (Å²) in [6.07, 6.45) is 3.84. The molecule has 10 nitrogen and oxygen atoms in total. The van der Waals surface area contributed by atoms with Gasteiger partial charge in [-0.3, -0.25) is 4.79 Å². The first-order valence-corrected chi connectivity index (χ1v) is 12.8. The van der Waals surface area contributed by atoms with Crippen LogP contribution in [0.2, 0.25) is 0 Å². The zero-order valence-corrected chi connectivity index (χ0v) is 23.2. The smallest absolute Gasteiger partial charge is 0.444 e. The topological polar surface area (TPSA) is 115 Å². The SMILES string of the molecule is CC(C)[C@@H](NC(=O)OC(C)(C)C)C(=O)NC[C@H]1CCN(c2ncc(B3OC(C)(C)C(C)(C)O3)cn2)C1. The van der Waals surface area contributed by atoms with Crippen molar-refractivity contribution in [3.8, 4) is 0 Å². The van der Waals surface area contributed by atoms with Gasteiger partial charge in [-0.2, -0.15) is 0 Å². The number of carbonyl (C=O) groups is 2. The van der Waals surface area contributed by atoms with Gasteiger partial charge in [0.1, 0.15) is 11.6 Å². The fraction of sp³-hybridized carbons (Fsp3) is 0.760. The minimum Gasteiger partial charge on any atom is -0.444 e. The van der Waals surface area contributed by atoms with E-state index < -0.39 is 36.1 Å². The monoisotopic (exact) mass is 503 g/mol. The molecule has 0 spiro atoms. The van der Waals surface area contributed by atoms with Gasteiger partial charge in [0.2, 0.25) is 11.9 Å². The van der Waals surface area contributed by atoms with Gasteiger partial charge in [-0.1, -0.05) is 13.8 Å². The summed E-state index contributed by atoms with van der Waals surface area (Å²) in [7, 11) is -0.492. The van der Waals surface area contributed by atoms with Gasteiger partial charge in [0.05, 0.1) is 11.2 Å². The fourth-order valence-corrected chi connectivity index (χ4v) is 4.10. The Bertz CT molecular complexity index is 916. The maximum atomic E-state index is 12.8. The van der Waals surface area contributed by atoms with E-state index in [-0.39, 0.29) is 17.7 Å². The first kappa shape index (κ1) is 28.2. The molecule has 1 aromatic heterocycles. The lowest BCUT2D eigenvalue weighted by atomic mass is 9.81. The Labute approximate surface area is 215 Å². The third kappa shape index (κ3) is 6.88. The maximum Gasteiger partial charge on any atom is 0.498 e. The van der Waals surface area contributed by atoms with Gasteiger partial charge >= 0.3 is 13.2 Å². The van der Waals surface area contributed by atoms with E-state index in [2.05, 4.69) is 25.5 Å². The highest BCUT2D eigenvalue weighted by atomic mass is 16.7. The number of hydrogen-bond donors (Lipinski definition) is 2. The van der Waals surface area contributed by atoms with Gasteiger partial charge in [0.25, 0.3) is 0 Å². The minimum atomic E-state index is -0.664. The minimum absolute atomic E-state index is 0.0755. The van der Waals surface area contributed by atoms with Crippen molar-refractivity contribution < 1.29 is 23.6 Å². The highest BCUT2D eigenvalue weighted by Gasteiger charge is 2.52. The molecule has 0 unspecified atom stereocenters. The number of alkyl carbamates (subject to hydrolysis) is 1. The van der Waals surface area contributed by atoms with E-state index in [9.17, 15) is 9.59 Å². The number of anilines is 1. The van der Waals surface area contributed by atoms with Crippen LogP contribution in [-0.4, -0.2) is 71.6 Å². The van der Waals surface area contributed by atoms with E-state index in [4.69, 9.17) is 14.0 Å². The molecule has 2 saturated heterocycles. The van der Waals surface area contributed by atoms with Crippen molar-refractivity contribution in [1.82, 2.24) is 20.6 Å². The molecule has 0 aliphatic carbocycles. The summed E-state index contributed by atoms with van der Waals surface area (Å²) in [6.45, 7) is 19.3. The van der Waals surface area contributed by atoms with Gasteiger partial charge in [0, 0.05) is 37.5 Å². The molecule has 200 valence electrons. The molecule has 2 atom stereocenters. The number of nitrogens with zero attached hydrogens (tertiary/aromatic N) is 3. The highest BCUT2D eigenvalue weighted by molar-refractivity contribution is 6.61. The van der Waals surface area contributed by atoms with Crippen LogP contribution in [0.3, 0.4) is 0 Å². The number of amides is 2. The van der Waals surface area contributed by atoms with Gasteiger partial charge in [0.15, 0.2) is 0 Å². The molecule has 36 heavy (non-hydrogen) atoms. The molecular formula is C25H42BN5O5. The third-order valence-electron chi connectivity index (χ3n) is 6.94. The number of ether oxygens (including phenoxy) is 1. The van der Waals surface area contributed by atoms with Gasteiger partial charge in [-0.15, -0.1) is 0 Å². The molecule has 2 aliphatic rings. The summed E-state index contributed by atoms with van der Waals surface area (Å²) >= 11 is 0. The largest absolute Gasteiger partial charge is 0.498 e. The quantitative estimate of drug-likeness (QED) is 0.545. The summed E-state index contributed by atoms with van der Waals surface area (Å²) in [5, 5.41) is 5.70. The van der Waals surface area contributed by atoms with Crippen LogP contribution < -0.4 is 21.0 Å². The third-order valence-corrected chi connectivity index (χ3v) is 6.94. The summed E-state index contributed by atoms with van der Waals surface area (Å²) < 4.78 is 17.5. The van der Waals surface area contributed by atoms with Gasteiger partial charge in [-0.25, -0.2) is 14.8 Å². The van der Waals surface area contributed by atoms with Gasteiger partial charge < -0.3 is 29.6 Å². The Kier molecular flexibility index (Phi) is 8.25. The normalized spacial score (nSPS) is 22.0.